The fourth-order valence-electron chi connectivity index (χ4n) is 3.74. The predicted octanol–water partition coefficient (Wildman–Crippen LogP) is 6.72. The summed E-state index contributed by atoms with van der Waals surface area (Å²) < 4.78 is 5.85. The van der Waals surface area contributed by atoms with Gasteiger partial charge in [0.25, 0.3) is 0 Å². The Balaban J connectivity index is 2.12. The van der Waals surface area contributed by atoms with Crippen LogP contribution in [0.25, 0.3) is 17.2 Å². The van der Waals surface area contributed by atoms with Crippen molar-refractivity contribution in [2.75, 3.05) is 0 Å². The van der Waals surface area contributed by atoms with Gasteiger partial charge in [-0.1, -0.05) is 0 Å². The van der Waals surface area contributed by atoms with Crippen LogP contribution in [0.4, 0.5) is 0 Å². The maximum absolute atomic E-state index is 2.54. The molecule has 0 amide bonds. The van der Waals surface area contributed by atoms with E-state index in [1.165, 1.54) is 22.3 Å². The summed E-state index contributed by atoms with van der Waals surface area (Å²) in [4.78, 5) is 0. The van der Waals surface area contributed by atoms with Crippen molar-refractivity contribution in [2.45, 2.75) is 40.1 Å². The Morgan fingerprint density at radius 2 is 1.70 bits per heavy atom. The second kappa shape index (κ2) is 6.90. The molecular formula is C22H27Zr. The van der Waals surface area contributed by atoms with Crippen molar-refractivity contribution in [3.8, 4) is 11.1 Å². The molecule has 0 bridgehead atoms. The van der Waals surface area contributed by atoms with Gasteiger partial charge in [-0.15, -0.1) is 0 Å². The molecular weight excluding hydrogens is 355 g/mol. The van der Waals surface area contributed by atoms with Gasteiger partial charge in [0.2, 0.25) is 0 Å². The third kappa shape index (κ3) is 3.18. The maximum atomic E-state index is 2.54. The van der Waals surface area contributed by atoms with Crippen molar-refractivity contribution in [1.29, 1.82) is 0 Å². The van der Waals surface area contributed by atoms with Crippen LogP contribution in [0.1, 0.15) is 41.1 Å². The quantitative estimate of drug-likeness (QED) is 0.550. The first-order chi connectivity index (χ1) is 11.0. The van der Waals surface area contributed by atoms with Crippen LogP contribution in [-0.4, -0.2) is 0 Å². The molecule has 1 unspecified atom stereocenters. The molecule has 0 aliphatic heterocycles. The average Bonchev–Trinajstić information content (AvgIpc) is 2.95. The molecule has 3 rings (SSSR count). The van der Waals surface area contributed by atoms with E-state index in [2.05, 4.69) is 78.6 Å². The summed E-state index contributed by atoms with van der Waals surface area (Å²) in [5, 5.41) is 0. The topological polar surface area (TPSA) is 0 Å². The van der Waals surface area contributed by atoms with E-state index in [0.717, 1.165) is 10.0 Å². The Kier molecular flexibility index (Phi) is 5.07. The van der Waals surface area contributed by atoms with Crippen molar-refractivity contribution in [3.05, 3.63) is 64.7 Å². The zero-order valence-corrected chi connectivity index (χ0v) is 17.4. The van der Waals surface area contributed by atoms with Gasteiger partial charge >= 0.3 is 150 Å². The van der Waals surface area contributed by atoms with Crippen molar-refractivity contribution < 1.29 is 21.8 Å². The molecule has 0 nitrogen and oxygen atoms in total. The fourth-order valence-corrected chi connectivity index (χ4v) is 8.55. The molecule has 0 radical (unpaired) electrons. The van der Waals surface area contributed by atoms with Crippen LogP contribution in [0.5, 0.6) is 0 Å². The number of fused-ring (bicyclic) bond motifs is 1. The van der Waals surface area contributed by atoms with Gasteiger partial charge in [0.05, 0.1) is 0 Å². The summed E-state index contributed by atoms with van der Waals surface area (Å²) in [5.41, 5.74) is 8.96. The van der Waals surface area contributed by atoms with Crippen molar-refractivity contribution >= 4 is 6.08 Å². The van der Waals surface area contributed by atoms with Crippen LogP contribution in [-0.2, 0) is 28.2 Å². The Bertz CT molecular complexity index is 720. The van der Waals surface area contributed by atoms with E-state index in [0.29, 0.717) is 5.92 Å². The summed E-state index contributed by atoms with van der Waals surface area (Å²) in [6, 6.07) is 16.1. The SMILES string of the molecule is CCc1ccc(-c2cccc3c2C=C(C(C)C)[CH]3[Zr]([CH3])[CH3])cc1. The minimum atomic E-state index is -1.36. The second-order valence-corrected chi connectivity index (χ2v) is 13.9. The van der Waals surface area contributed by atoms with E-state index in [4.69, 9.17) is 0 Å². The molecule has 1 aliphatic rings. The first kappa shape index (κ1) is 16.9. The Labute approximate surface area is 149 Å². The van der Waals surface area contributed by atoms with E-state index in [1.54, 1.807) is 11.1 Å². The van der Waals surface area contributed by atoms with Gasteiger partial charge in [0.1, 0.15) is 0 Å². The molecule has 1 heteroatoms. The van der Waals surface area contributed by atoms with Crippen LogP contribution < -0.4 is 0 Å². The van der Waals surface area contributed by atoms with Crippen molar-refractivity contribution in [2.24, 2.45) is 5.92 Å². The summed E-state index contributed by atoms with van der Waals surface area (Å²) >= 11 is -1.36. The molecule has 0 aromatic heterocycles. The summed E-state index contributed by atoms with van der Waals surface area (Å²) in [7, 11) is 0. The first-order valence-electron chi connectivity index (χ1n) is 8.76. The van der Waals surface area contributed by atoms with Crippen LogP contribution in [0.15, 0.2) is 48.0 Å². The summed E-state index contributed by atoms with van der Waals surface area (Å²) in [6.07, 6.45) is 3.62. The number of rotatable bonds is 4. The third-order valence-corrected chi connectivity index (χ3v) is 9.43. The minimum absolute atomic E-state index is 0.651. The van der Waals surface area contributed by atoms with Gasteiger partial charge < -0.3 is 0 Å². The van der Waals surface area contributed by atoms with Gasteiger partial charge in [-0.3, -0.25) is 0 Å². The summed E-state index contributed by atoms with van der Waals surface area (Å²) in [6.45, 7) is 6.92. The van der Waals surface area contributed by atoms with Gasteiger partial charge in [-0.25, -0.2) is 0 Å². The van der Waals surface area contributed by atoms with Crippen molar-refractivity contribution in [3.63, 3.8) is 0 Å². The average molecular weight is 383 g/mol. The normalized spacial score (nSPS) is 16.4. The Morgan fingerprint density at radius 1 is 1.00 bits per heavy atom. The monoisotopic (exact) mass is 381 g/mol. The molecule has 23 heavy (non-hydrogen) atoms. The fraction of sp³-hybridized carbons (Fsp3) is 0.364. The zero-order valence-electron chi connectivity index (χ0n) is 15.0. The molecule has 2 aromatic carbocycles. The molecule has 1 atom stereocenters. The van der Waals surface area contributed by atoms with E-state index in [1.807, 2.05) is 0 Å². The van der Waals surface area contributed by atoms with Gasteiger partial charge in [0, 0.05) is 0 Å². The molecule has 0 N–H and O–H groups in total. The Morgan fingerprint density at radius 3 is 2.26 bits per heavy atom. The van der Waals surface area contributed by atoms with E-state index in [-0.39, 0.29) is 0 Å². The predicted molar refractivity (Wildman–Crippen MR) is 98.5 cm³/mol. The number of hydrogen-bond donors (Lipinski definition) is 0. The Hall–Kier alpha value is -0.937. The van der Waals surface area contributed by atoms with E-state index < -0.39 is 21.8 Å². The molecule has 119 valence electrons. The van der Waals surface area contributed by atoms with Gasteiger partial charge in [-0.2, -0.15) is 0 Å². The van der Waals surface area contributed by atoms with Crippen molar-refractivity contribution in [1.82, 2.24) is 0 Å². The van der Waals surface area contributed by atoms with Crippen LogP contribution in [0, 0.1) is 5.92 Å². The third-order valence-electron chi connectivity index (χ3n) is 5.01. The zero-order chi connectivity index (χ0) is 16.6. The number of aryl methyl sites for hydroxylation is 1. The molecule has 0 saturated heterocycles. The molecule has 0 saturated carbocycles. The van der Waals surface area contributed by atoms with Crippen LogP contribution >= 0.6 is 0 Å². The summed E-state index contributed by atoms with van der Waals surface area (Å²) in [5.74, 6) is 0.651. The standard InChI is InChI=1S/C20H21.2CH3.Zr/c1-4-15-8-10-16(11-9-15)19-7-5-6-17-12-18(14(2)3)13-20(17)19;;;/h5-14H,4H2,1-3H3;2*1H3;. The molecule has 2 aromatic rings. The molecule has 0 spiro atoms. The number of benzene rings is 2. The number of allylic oxidation sites excluding steroid dienone is 1. The number of hydrogen-bond acceptors (Lipinski definition) is 0. The van der Waals surface area contributed by atoms with Crippen LogP contribution in [0.3, 0.4) is 0 Å². The second-order valence-electron chi connectivity index (χ2n) is 7.17. The molecule has 1 aliphatic carbocycles. The van der Waals surface area contributed by atoms with E-state index >= 15 is 0 Å². The molecule has 0 fully saturated rings. The van der Waals surface area contributed by atoms with Gasteiger partial charge in [0.15, 0.2) is 0 Å². The van der Waals surface area contributed by atoms with Gasteiger partial charge in [-0.05, 0) is 0 Å². The molecule has 0 heterocycles. The first-order valence-corrected chi connectivity index (χ1v) is 15.1. The van der Waals surface area contributed by atoms with E-state index in [9.17, 15) is 0 Å². The van der Waals surface area contributed by atoms with Crippen LogP contribution in [0.2, 0.25) is 9.26 Å².